The fourth-order valence-corrected chi connectivity index (χ4v) is 10.7. The summed E-state index contributed by atoms with van der Waals surface area (Å²) in [6.07, 6.45) is 0. The first kappa shape index (κ1) is 33.2. The molecule has 58 heavy (non-hydrogen) atoms. The molecule has 0 aromatic heterocycles. The van der Waals surface area contributed by atoms with Gasteiger partial charge in [0, 0.05) is 11.3 Å². The standard InChI is InChI=1S/C58H40/c1-58(2)53-33-30-41(35-52(53)50-32-28-37-14-6-7-17-42(37)57(50)58)56-47-22-12-10-20-45(47)55(46-21-11-13-23-48(46)56)39-26-24-36(25-27-39)40-29-31-49-51(34-40)43-18-8-9-19-44(43)54(49)38-15-4-3-5-16-38/h3-35,54H,1-2H3. The van der Waals surface area contributed by atoms with Crippen LogP contribution in [0.15, 0.2) is 200 Å². The van der Waals surface area contributed by atoms with Gasteiger partial charge in [0.05, 0.1) is 0 Å². The SMILES string of the molecule is CC1(C)c2ccc(-c3c4ccccc4c(-c4ccc(-c5ccc6c(c5)-c5ccccc5C6c5ccccc5)cc4)c4ccccc34)cc2-c2ccc3ccccc3c21. The molecular formula is C58H40. The fourth-order valence-electron chi connectivity index (χ4n) is 10.7. The molecule has 1 atom stereocenters. The highest BCUT2D eigenvalue weighted by Gasteiger charge is 2.37. The average Bonchev–Trinajstić information content (AvgIpc) is 3.73. The first-order valence-corrected chi connectivity index (χ1v) is 20.5. The summed E-state index contributed by atoms with van der Waals surface area (Å²) in [6, 6.07) is 75.0. The van der Waals surface area contributed by atoms with Gasteiger partial charge in [0.25, 0.3) is 0 Å². The van der Waals surface area contributed by atoms with Crippen LogP contribution in [0, 0.1) is 0 Å². The van der Waals surface area contributed by atoms with Crippen LogP contribution < -0.4 is 0 Å². The molecule has 10 aromatic rings. The monoisotopic (exact) mass is 736 g/mol. The van der Waals surface area contributed by atoms with Gasteiger partial charge in [-0.1, -0.05) is 202 Å². The predicted octanol–water partition coefficient (Wildman–Crippen LogP) is 15.6. The van der Waals surface area contributed by atoms with Crippen molar-refractivity contribution in [1.82, 2.24) is 0 Å². The smallest absolute Gasteiger partial charge is 0.0352 e. The highest BCUT2D eigenvalue weighted by molar-refractivity contribution is 6.21. The summed E-state index contributed by atoms with van der Waals surface area (Å²) in [7, 11) is 0. The second-order valence-electron chi connectivity index (χ2n) is 16.7. The quantitative estimate of drug-likeness (QED) is 0.158. The van der Waals surface area contributed by atoms with Gasteiger partial charge in [-0.2, -0.15) is 0 Å². The fraction of sp³-hybridized carbons (Fsp3) is 0.0690. The summed E-state index contributed by atoms with van der Waals surface area (Å²) in [4.78, 5) is 0. The molecule has 10 aromatic carbocycles. The molecule has 0 bridgehead atoms. The minimum atomic E-state index is -0.0842. The van der Waals surface area contributed by atoms with Crippen molar-refractivity contribution >= 4 is 32.3 Å². The van der Waals surface area contributed by atoms with Gasteiger partial charge in [-0.3, -0.25) is 0 Å². The van der Waals surface area contributed by atoms with E-state index in [1.165, 1.54) is 116 Å². The third kappa shape index (κ3) is 4.76. The van der Waals surface area contributed by atoms with Crippen LogP contribution >= 0.6 is 0 Å². The minimum Gasteiger partial charge on any atom is -0.0622 e. The zero-order chi connectivity index (χ0) is 38.5. The Morgan fingerprint density at radius 2 is 0.879 bits per heavy atom. The molecule has 0 N–H and O–H groups in total. The van der Waals surface area contributed by atoms with Gasteiger partial charge >= 0.3 is 0 Å². The summed E-state index contributed by atoms with van der Waals surface area (Å²) < 4.78 is 0. The van der Waals surface area contributed by atoms with Gasteiger partial charge in [0.1, 0.15) is 0 Å². The van der Waals surface area contributed by atoms with Crippen LogP contribution in [-0.4, -0.2) is 0 Å². The van der Waals surface area contributed by atoms with E-state index in [1.54, 1.807) is 0 Å². The van der Waals surface area contributed by atoms with E-state index in [2.05, 4.69) is 214 Å². The summed E-state index contributed by atoms with van der Waals surface area (Å²) >= 11 is 0. The van der Waals surface area contributed by atoms with Crippen LogP contribution in [0.25, 0.3) is 88.0 Å². The Bertz CT molecular complexity index is 3230. The van der Waals surface area contributed by atoms with Crippen molar-refractivity contribution in [2.75, 3.05) is 0 Å². The molecule has 0 heteroatoms. The zero-order valence-corrected chi connectivity index (χ0v) is 32.6. The number of fused-ring (bicyclic) bond motifs is 10. The maximum atomic E-state index is 2.47. The lowest BCUT2D eigenvalue weighted by Gasteiger charge is -2.23. The number of hydrogen-bond acceptors (Lipinski definition) is 0. The van der Waals surface area contributed by atoms with Gasteiger partial charge in [-0.05, 0) is 128 Å². The lowest BCUT2D eigenvalue weighted by atomic mass is 9.80. The Hall–Kier alpha value is -7.02. The zero-order valence-electron chi connectivity index (χ0n) is 32.6. The Balaban J connectivity index is 0.980. The number of benzene rings is 10. The van der Waals surface area contributed by atoms with E-state index in [0.717, 1.165) is 0 Å². The first-order chi connectivity index (χ1) is 28.5. The predicted molar refractivity (Wildman–Crippen MR) is 246 cm³/mol. The molecule has 0 heterocycles. The minimum absolute atomic E-state index is 0.0842. The summed E-state index contributed by atoms with van der Waals surface area (Å²) in [5.74, 6) is 0.258. The van der Waals surface area contributed by atoms with Gasteiger partial charge in [-0.15, -0.1) is 0 Å². The van der Waals surface area contributed by atoms with Crippen molar-refractivity contribution in [3.8, 4) is 55.6 Å². The van der Waals surface area contributed by atoms with Crippen molar-refractivity contribution in [3.05, 3.63) is 228 Å². The van der Waals surface area contributed by atoms with Crippen LogP contribution in [0.2, 0.25) is 0 Å². The van der Waals surface area contributed by atoms with E-state index in [4.69, 9.17) is 0 Å². The summed E-state index contributed by atoms with van der Waals surface area (Å²) in [5.41, 5.74) is 19.8. The second-order valence-corrected chi connectivity index (χ2v) is 16.7. The molecule has 0 amide bonds. The van der Waals surface area contributed by atoms with Crippen molar-refractivity contribution in [3.63, 3.8) is 0 Å². The molecule has 2 aliphatic rings. The lowest BCUT2D eigenvalue weighted by molar-refractivity contribution is 0.666. The molecule has 0 fully saturated rings. The molecule has 0 aliphatic heterocycles. The highest BCUT2D eigenvalue weighted by Crippen LogP contribution is 2.54. The summed E-state index contributed by atoms with van der Waals surface area (Å²) in [6.45, 7) is 4.78. The van der Waals surface area contributed by atoms with Gasteiger partial charge in [0.2, 0.25) is 0 Å². The normalized spacial score (nSPS) is 14.7. The molecule has 1 unspecified atom stereocenters. The first-order valence-electron chi connectivity index (χ1n) is 20.5. The molecule has 0 radical (unpaired) electrons. The van der Waals surface area contributed by atoms with Crippen molar-refractivity contribution in [1.29, 1.82) is 0 Å². The third-order valence-corrected chi connectivity index (χ3v) is 13.3. The van der Waals surface area contributed by atoms with Crippen LogP contribution in [0.4, 0.5) is 0 Å². The Morgan fingerprint density at radius 3 is 1.60 bits per heavy atom. The molecule has 0 saturated heterocycles. The molecule has 0 saturated carbocycles. The van der Waals surface area contributed by atoms with Crippen LogP contribution in [-0.2, 0) is 5.41 Å². The largest absolute Gasteiger partial charge is 0.0622 e. The Morgan fingerprint density at radius 1 is 0.345 bits per heavy atom. The maximum Gasteiger partial charge on any atom is 0.0352 e. The van der Waals surface area contributed by atoms with E-state index in [1.807, 2.05) is 0 Å². The third-order valence-electron chi connectivity index (χ3n) is 13.3. The van der Waals surface area contributed by atoms with Crippen molar-refractivity contribution in [2.45, 2.75) is 25.2 Å². The summed E-state index contributed by atoms with van der Waals surface area (Å²) in [5, 5.41) is 7.77. The van der Waals surface area contributed by atoms with Gasteiger partial charge in [0.15, 0.2) is 0 Å². The highest BCUT2D eigenvalue weighted by atomic mass is 14.4. The number of hydrogen-bond donors (Lipinski definition) is 0. The van der Waals surface area contributed by atoms with Crippen molar-refractivity contribution < 1.29 is 0 Å². The van der Waals surface area contributed by atoms with Gasteiger partial charge < -0.3 is 0 Å². The van der Waals surface area contributed by atoms with Crippen LogP contribution in [0.1, 0.15) is 47.6 Å². The topological polar surface area (TPSA) is 0 Å². The molecule has 272 valence electrons. The molecule has 0 spiro atoms. The molecule has 0 nitrogen and oxygen atoms in total. The van der Waals surface area contributed by atoms with E-state index >= 15 is 0 Å². The van der Waals surface area contributed by atoms with E-state index < -0.39 is 0 Å². The Kier molecular flexibility index (Phi) is 7.14. The van der Waals surface area contributed by atoms with Crippen LogP contribution in [0.3, 0.4) is 0 Å². The molecular weight excluding hydrogens is 697 g/mol. The van der Waals surface area contributed by atoms with E-state index in [0.29, 0.717) is 0 Å². The maximum absolute atomic E-state index is 2.47. The second kappa shape index (κ2) is 12.5. The average molecular weight is 737 g/mol. The van der Waals surface area contributed by atoms with Crippen LogP contribution in [0.5, 0.6) is 0 Å². The Labute approximate surface area is 339 Å². The van der Waals surface area contributed by atoms with Crippen molar-refractivity contribution in [2.24, 2.45) is 0 Å². The van der Waals surface area contributed by atoms with Gasteiger partial charge in [-0.25, -0.2) is 0 Å². The number of rotatable bonds is 4. The molecule has 12 rings (SSSR count). The molecule has 2 aliphatic carbocycles. The van der Waals surface area contributed by atoms with E-state index in [-0.39, 0.29) is 11.3 Å². The van der Waals surface area contributed by atoms with E-state index in [9.17, 15) is 0 Å². The lowest BCUT2D eigenvalue weighted by Crippen LogP contribution is -2.15.